The van der Waals surface area contributed by atoms with E-state index < -0.39 is 23.5 Å². The molecule has 4 rings (SSSR count). The van der Waals surface area contributed by atoms with Crippen LogP contribution in [0.25, 0.3) is 0 Å². The molecular weight excluding hydrogens is 435 g/mol. The summed E-state index contributed by atoms with van der Waals surface area (Å²) in [5, 5.41) is 10.4. The van der Waals surface area contributed by atoms with Crippen LogP contribution in [-0.2, 0) is 21.7 Å². The van der Waals surface area contributed by atoms with Crippen molar-refractivity contribution in [1.82, 2.24) is 9.97 Å². The Morgan fingerprint density at radius 1 is 0.941 bits per heavy atom. The highest BCUT2D eigenvalue weighted by molar-refractivity contribution is 5.76. The topological polar surface area (TPSA) is 81.5 Å². The first-order chi connectivity index (χ1) is 16.5. The number of carboxylic acids is 1. The van der Waals surface area contributed by atoms with Crippen molar-refractivity contribution in [2.75, 3.05) is 0 Å². The van der Waals surface area contributed by atoms with Crippen molar-refractivity contribution in [2.45, 2.75) is 25.2 Å². The van der Waals surface area contributed by atoms with Crippen LogP contribution in [0.1, 0.15) is 22.4 Å². The highest BCUT2D eigenvalue weighted by atomic mass is 19.1. The number of benzene rings is 3. The number of nitrogens with zero attached hydrogens (tertiary/aromatic N) is 2. The summed E-state index contributed by atoms with van der Waals surface area (Å²) in [4.78, 5) is 21.0. The predicted octanol–water partition coefficient (Wildman–Crippen LogP) is 4.92. The average Bonchev–Trinajstić information content (AvgIpc) is 2.86. The minimum Gasteiger partial charge on any atom is -0.478 e. The van der Waals surface area contributed by atoms with Crippen molar-refractivity contribution in [1.29, 1.82) is 0 Å². The van der Waals surface area contributed by atoms with Gasteiger partial charge in [-0.3, -0.25) is 0 Å². The first kappa shape index (κ1) is 23.1. The van der Waals surface area contributed by atoms with Crippen molar-refractivity contribution in [3.63, 3.8) is 0 Å². The average molecular weight is 458 g/mol. The van der Waals surface area contributed by atoms with E-state index in [2.05, 4.69) is 9.97 Å². The van der Waals surface area contributed by atoms with E-state index in [0.717, 1.165) is 5.56 Å². The summed E-state index contributed by atoms with van der Waals surface area (Å²) < 4.78 is 26.2. The summed E-state index contributed by atoms with van der Waals surface area (Å²) in [5.74, 6) is -1.74. The molecule has 0 fully saturated rings. The maximum Gasteiger partial charge on any atom is 0.348 e. The molecule has 2 atom stereocenters. The van der Waals surface area contributed by atoms with Gasteiger partial charge in [0, 0.05) is 11.9 Å². The van der Waals surface area contributed by atoms with Gasteiger partial charge in [-0.2, -0.15) is 0 Å². The molecule has 0 aliphatic rings. The number of aliphatic carboxylic acids is 1. The Hall–Kier alpha value is -4.10. The summed E-state index contributed by atoms with van der Waals surface area (Å²) in [6, 6.07) is 25.4. The fraction of sp³-hybridized carbons (Fsp3) is 0.148. The molecule has 34 heavy (non-hydrogen) atoms. The number of carbonyl (C=O) groups is 1. The second-order valence-corrected chi connectivity index (χ2v) is 7.70. The number of aromatic nitrogens is 2. The Labute approximate surface area is 196 Å². The van der Waals surface area contributed by atoms with Crippen molar-refractivity contribution in [3.05, 3.63) is 125 Å². The fourth-order valence-electron chi connectivity index (χ4n) is 3.76. The van der Waals surface area contributed by atoms with Crippen LogP contribution in [0.5, 0.6) is 6.01 Å². The van der Waals surface area contributed by atoms with Gasteiger partial charge in [-0.05, 0) is 41.8 Å². The van der Waals surface area contributed by atoms with E-state index in [4.69, 9.17) is 9.47 Å². The van der Waals surface area contributed by atoms with Crippen LogP contribution in [-0.4, -0.2) is 27.1 Å². The first-order valence-corrected chi connectivity index (χ1v) is 10.7. The van der Waals surface area contributed by atoms with E-state index in [0.29, 0.717) is 16.8 Å². The molecule has 0 aliphatic carbocycles. The van der Waals surface area contributed by atoms with Gasteiger partial charge in [-0.15, -0.1) is 0 Å². The Kier molecular flexibility index (Phi) is 6.94. The molecule has 0 spiro atoms. The lowest BCUT2D eigenvalue weighted by Crippen LogP contribution is -2.51. The van der Waals surface area contributed by atoms with Crippen LogP contribution < -0.4 is 4.74 Å². The zero-order valence-corrected chi connectivity index (χ0v) is 18.5. The van der Waals surface area contributed by atoms with E-state index in [-0.39, 0.29) is 12.6 Å². The second kappa shape index (κ2) is 10.2. The Bertz CT molecular complexity index is 1240. The van der Waals surface area contributed by atoms with E-state index in [1.54, 1.807) is 37.3 Å². The molecule has 3 aromatic carbocycles. The maximum absolute atomic E-state index is 13.9. The van der Waals surface area contributed by atoms with Gasteiger partial charge >= 0.3 is 12.0 Å². The summed E-state index contributed by atoms with van der Waals surface area (Å²) >= 11 is 0. The van der Waals surface area contributed by atoms with Gasteiger partial charge in [0.15, 0.2) is 5.60 Å². The molecule has 1 N–H and O–H groups in total. The van der Waals surface area contributed by atoms with Crippen molar-refractivity contribution in [3.8, 4) is 6.01 Å². The summed E-state index contributed by atoms with van der Waals surface area (Å²) in [5.41, 5.74) is 0.741. The molecule has 0 saturated heterocycles. The second-order valence-electron chi connectivity index (χ2n) is 7.70. The molecule has 4 aromatic rings. The predicted molar refractivity (Wildman–Crippen MR) is 124 cm³/mol. The lowest BCUT2D eigenvalue weighted by atomic mass is 9.81. The highest BCUT2D eigenvalue weighted by Crippen LogP contribution is 2.40. The smallest absolute Gasteiger partial charge is 0.348 e. The van der Waals surface area contributed by atoms with Gasteiger partial charge in [0.2, 0.25) is 6.10 Å². The van der Waals surface area contributed by atoms with Gasteiger partial charge in [0.05, 0.1) is 6.61 Å². The lowest BCUT2D eigenvalue weighted by molar-refractivity contribution is -0.166. The number of ether oxygens (including phenoxy) is 2. The van der Waals surface area contributed by atoms with Crippen molar-refractivity contribution >= 4 is 5.97 Å². The minimum absolute atomic E-state index is 0.0783. The van der Waals surface area contributed by atoms with Crippen LogP contribution in [0.15, 0.2) is 97.2 Å². The minimum atomic E-state index is -1.65. The van der Waals surface area contributed by atoms with Crippen LogP contribution in [0, 0.1) is 12.7 Å². The molecule has 0 bridgehead atoms. The molecule has 1 heterocycles. The number of rotatable bonds is 9. The van der Waals surface area contributed by atoms with E-state index >= 15 is 0 Å². The molecule has 0 radical (unpaired) electrons. The van der Waals surface area contributed by atoms with E-state index in [1.807, 2.05) is 36.4 Å². The molecule has 0 saturated carbocycles. The molecule has 0 unspecified atom stereocenters. The standard InChI is InChI=1S/C27H23FN2O4/c1-19-16-17-29-26(30-19)34-24(25(31)32)27(21-10-6-3-7-11-21,22-12-14-23(28)15-13-22)33-18-20-8-4-2-5-9-20/h2-17,24H,18H2,1H3,(H,31,32)/t24-,27-/m0/s1. The van der Waals surface area contributed by atoms with Gasteiger partial charge in [-0.1, -0.05) is 72.8 Å². The fourth-order valence-corrected chi connectivity index (χ4v) is 3.76. The summed E-state index contributed by atoms with van der Waals surface area (Å²) in [6.45, 7) is 1.83. The Morgan fingerprint density at radius 2 is 1.56 bits per heavy atom. The van der Waals surface area contributed by atoms with Gasteiger partial charge in [-0.25, -0.2) is 19.2 Å². The number of hydrogen-bond donors (Lipinski definition) is 1. The molecule has 0 aliphatic heterocycles. The third-order valence-corrected chi connectivity index (χ3v) is 5.37. The monoisotopic (exact) mass is 458 g/mol. The van der Waals surface area contributed by atoms with Crippen molar-refractivity contribution in [2.24, 2.45) is 0 Å². The van der Waals surface area contributed by atoms with Gasteiger partial charge in [0.1, 0.15) is 5.82 Å². The van der Waals surface area contributed by atoms with Crippen LogP contribution in [0.3, 0.4) is 0 Å². The Morgan fingerprint density at radius 3 is 2.18 bits per heavy atom. The molecule has 0 amide bonds. The van der Waals surface area contributed by atoms with Crippen LogP contribution >= 0.6 is 0 Å². The third-order valence-electron chi connectivity index (χ3n) is 5.37. The van der Waals surface area contributed by atoms with E-state index in [9.17, 15) is 14.3 Å². The van der Waals surface area contributed by atoms with Crippen LogP contribution in [0.4, 0.5) is 4.39 Å². The highest BCUT2D eigenvalue weighted by Gasteiger charge is 2.50. The largest absolute Gasteiger partial charge is 0.478 e. The normalized spacial score (nSPS) is 13.6. The lowest BCUT2D eigenvalue weighted by Gasteiger charge is -2.39. The Balaban J connectivity index is 1.90. The molecule has 6 nitrogen and oxygen atoms in total. The molecule has 172 valence electrons. The maximum atomic E-state index is 13.9. The first-order valence-electron chi connectivity index (χ1n) is 10.7. The van der Waals surface area contributed by atoms with Crippen LogP contribution in [0.2, 0.25) is 0 Å². The quantitative estimate of drug-likeness (QED) is 0.384. The zero-order valence-electron chi connectivity index (χ0n) is 18.5. The summed E-state index contributed by atoms with van der Waals surface area (Å²) in [6.07, 6.45) is -0.102. The number of halogens is 1. The van der Waals surface area contributed by atoms with E-state index in [1.165, 1.54) is 30.5 Å². The molecule has 7 heteroatoms. The number of carboxylic acid groups (broad SMARTS) is 1. The third kappa shape index (κ3) is 4.94. The summed E-state index contributed by atoms with van der Waals surface area (Å²) in [7, 11) is 0. The zero-order chi connectivity index (χ0) is 24.0. The molecule has 1 aromatic heterocycles. The number of hydrogen-bond acceptors (Lipinski definition) is 5. The van der Waals surface area contributed by atoms with Crippen molar-refractivity contribution < 1.29 is 23.8 Å². The SMILES string of the molecule is Cc1ccnc(O[C@@H](C(=O)O)[C@](OCc2ccccc2)(c2ccccc2)c2ccc(F)cc2)n1. The van der Waals surface area contributed by atoms with Gasteiger partial charge < -0.3 is 14.6 Å². The van der Waals surface area contributed by atoms with Gasteiger partial charge in [0.25, 0.3) is 0 Å². The molecular formula is C27H23FN2O4. The number of aryl methyl sites for hydroxylation is 1.